The van der Waals surface area contributed by atoms with E-state index in [-0.39, 0.29) is 24.4 Å². The van der Waals surface area contributed by atoms with Gasteiger partial charge in [-0.15, -0.1) is 0 Å². The normalized spacial score (nSPS) is 12.6. The van der Waals surface area contributed by atoms with E-state index in [1.54, 1.807) is 23.1 Å². The second-order valence-electron chi connectivity index (χ2n) is 12.4. The first-order valence-corrected chi connectivity index (χ1v) is 16.1. The van der Waals surface area contributed by atoms with E-state index >= 15 is 0 Å². The van der Waals surface area contributed by atoms with Gasteiger partial charge in [0, 0.05) is 43.4 Å². The second kappa shape index (κ2) is 17.8. The fraction of sp³-hybridized carbons (Fsp3) is 0.459. The van der Waals surface area contributed by atoms with Gasteiger partial charge in [0.05, 0.1) is 12.1 Å². The summed E-state index contributed by atoms with van der Waals surface area (Å²) in [6.07, 6.45) is 2.68. The molecule has 2 amide bonds. The SMILES string of the molecule is CCCN(CCC)C(=O)c1cc(C)cc(C(=O)N[C@@H](Cc2cc(F)cc(F)c2)[C@H](O)CNCc2cccc(CCC(C)C)c2)c1. The third-order valence-electron chi connectivity index (χ3n) is 7.70. The summed E-state index contributed by atoms with van der Waals surface area (Å²) < 4.78 is 28.1. The van der Waals surface area contributed by atoms with Gasteiger partial charge in [-0.25, -0.2) is 8.78 Å². The van der Waals surface area contributed by atoms with Gasteiger partial charge in [-0.1, -0.05) is 52.0 Å². The third kappa shape index (κ3) is 11.7. The van der Waals surface area contributed by atoms with Crippen LogP contribution in [-0.2, 0) is 19.4 Å². The fourth-order valence-corrected chi connectivity index (χ4v) is 5.45. The van der Waals surface area contributed by atoms with Gasteiger partial charge in [0.2, 0.25) is 0 Å². The topological polar surface area (TPSA) is 81.7 Å². The van der Waals surface area contributed by atoms with Gasteiger partial charge in [0.15, 0.2) is 0 Å². The Labute approximate surface area is 267 Å². The Morgan fingerprint density at radius 1 is 0.867 bits per heavy atom. The summed E-state index contributed by atoms with van der Waals surface area (Å²) in [4.78, 5) is 28.6. The number of hydrogen-bond donors (Lipinski definition) is 3. The molecule has 0 radical (unpaired) electrons. The maximum atomic E-state index is 14.0. The first-order chi connectivity index (χ1) is 21.5. The molecule has 0 fully saturated rings. The largest absolute Gasteiger partial charge is 0.390 e. The molecule has 0 bridgehead atoms. The van der Waals surface area contributed by atoms with Crippen LogP contribution in [0.4, 0.5) is 8.78 Å². The van der Waals surface area contributed by atoms with E-state index < -0.39 is 29.7 Å². The maximum absolute atomic E-state index is 14.0. The van der Waals surface area contributed by atoms with Crippen LogP contribution < -0.4 is 10.6 Å². The summed E-state index contributed by atoms with van der Waals surface area (Å²) in [5.41, 5.74) is 4.09. The lowest BCUT2D eigenvalue weighted by Gasteiger charge is -2.25. The van der Waals surface area contributed by atoms with E-state index in [4.69, 9.17) is 0 Å². The predicted molar refractivity (Wildman–Crippen MR) is 176 cm³/mol. The third-order valence-corrected chi connectivity index (χ3v) is 7.70. The Morgan fingerprint density at radius 3 is 2.16 bits per heavy atom. The Bertz CT molecular complexity index is 1390. The quantitative estimate of drug-likeness (QED) is 0.158. The van der Waals surface area contributed by atoms with Crippen LogP contribution in [0, 0.1) is 24.5 Å². The van der Waals surface area contributed by atoms with E-state index in [2.05, 4.69) is 36.6 Å². The van der Waals surface area contributed by atoms with E-state index in [1.807, 2.05) is 32.9 Å². The fourth-order valence-electron chi connectivity index (χ4n) is 5.45. The highest BCUT2D eigenvalue weighted by atomic mass is 19.1. The molecule has 3 aromatic carbocycles. The highest BCUT2D eigenvalue weighted by molar-refractivity contribution is 6.00. The molecule has 0 unspecified atom stereocenters. The molecule has 0 heterocycles. The smallest absolute Gasteiger partial charge is 0.253 e. The number of halogens is 2. The highest BCUT2D eigenvalue weighted by Gasteiger charge is 2.24. The average Bonchev–Trinajstić information content (AvgIpc) is 2.98. The molecule has 0 spiro atoms. The zero-order valence-corrected chi connectivity index (χ0v) is 27.3. The molecule has 6 nitrogen and oxygen atoms in total. The second-order valence-corrected chi connectivity index (χ2v) is 12.4. The van der Waals surface area contributed by atoms with Crippen LogP contribution in [0.5, 0.6) is 0 Å². The van der Waals surface area contributed by atoms with Gasteiger partial charge < -0.3 is 20.6 Å². The van der Waals surface area contributed by atoms with Gasteiger partial charge in [-0.3, -0.25) is 9.59 Å². The maximum Gasteiger partial charge on any atom is 0.253 e. The standard InChI is InChI=1S/C37H49F2N3O3/c1-6-13-42(14-7-2)37(45)31-16-26(5)15-30(21-31)36(44)41-34(20-29-18-32(38)22-33(39)19-29)35(43)24-40-23-28-10-8-9-27(17-28)12-11-25(3)4/h8-10,15-19,21-22,25,34-35,40,43H,6-7,11-14,20,23-24H2,1-5H3,(H,41,44)/t34-,35+/m0/s1. The highest BCUT2D eigenvalue weighted by Crippen LogP contribution is 2.17. The van der Waals surface area contributed by atoms with Gasteiger partial charge in [-0.05, 0) is 97.5 Å². The van der Waals surface area contributed by atoms with Crippen molar-refractivity contribution >= 4 is 11.8 Å². The van der Waals surface area contributed by atoms with Crippen molar-refractivity contribution in [3.63, 3.8) is 0 Å². The van der Waals surface area contributed by atoms with Crippen molar-refractivity contribution < 1.29 is 23.5 Å². The van der Waals surface area contributed by atoms with Crippen LogP contribution in [0.2, 0.25) is 0 Å². The van der Waals surface area contributed by atoms with Gasteiger partial charge >= 0.3 is 0 Å². The van der Waals surface area contributed by atoms with Crippen LogP contribution in [0.3, 0.4) is 0 Å². The van der Waals surface area contributed by atoms with Crippen molar-refractivity contribution in [2.24, 2.45) is 5.92 Å². The number of nitrogens with one attached hydrogen (secondary N) is 2. The number of rotatable bonds is 17. The number of carbonyl (C=O) groups excluding carboxylic acids is 2. The zero-order valence-electron chi connectivity index (χ0n) is 27.3. The summed E-state index contributed by atoms with van der Waals surface area (Å²) in [6.45, 7) is 12.1. The van der Waals surface area contributed by atoms with Crippen LogP contribution in [-0.4, -0.2) is 53.6 Å². The molecule has 3 N–H and O–H groups in total. The molecule has 0 aliphatic rings. The Morgan fingerprint density at radius 2 is 1.51 bits per heavy atom. The molecule has 0 saturated carbocycles. The van der Waals surface area contributed by atoms with Gasteiger partial charge in [0.25, 0.3) is 11.8 Å². The number of amides is 2. The van der Waals surface area contributed by atoms with Crippen LogP contribution in [0.25, 0.3) is 0 Å². The summed E-state index contributed by atoms with van der Waals surface area (Å²) in [5.74, 6) is -1.47. The Kier molecular flexibility index (Phi) is 14.2. The lowest BCUT2D eigenvalue weighted by Crippen LogP contribution is -2.48. The van der Waals surface area contributed by atoms with Crippen molar-refractivity contribution in [2.75, 3.05) is 19.6 Å². The van der Waals surface area contributed by atoms with E-state index in [9.17, 15) is 23.5 Å². The van der Waals surface area contributed by atoms with Gasteiger partial charge in [0.1, 0.15) is 11.6 Å². The number of aliphatic hydroxyl groups excluding tert-OH is 1. The van der Waals surface area contributed by atoms with Crippen molar-refractivity contribution in [2.45, 2.75) is 85.4 Å². The number of hydrogen-bond acceptors (Lipinski definition) is 4. The van der Waals surface area contributed by atoms with Crippen molar-refractivity contribution in [3.8, 4) is 0 Å². The van der Waals surface area contributed by atoms with Crippen molar-refractivity contribution in [1.29, 1.82) is 0 Å². The number of carbonyl (C=O) groups is 2. The molecule has 0 aliphatic heterocycles. The van der Waals surface area contributed by atoms with Crippen LogP contribution >= 0.6 is 0 Å². The van der Waals surface area contributed by atoms with Crippen LogP contribution in [0.15, 0.2) is 60.7 Å². The number of aliphatic hydroxyl groups is 1. The molecule has 3 rings (SSSR count). The summed E-state index contributed by atoms with van der Waals surface area (Å²) in [6, 6.07) is 15.6. The minimum absolute atomic E-state index is 0.00628. The number of nitrogens with zero attached hydrogens (tertiary/aromatic N) is 1. The summed E-state index contributed by atoms with van der Waals surface area (Å²) >= 11 is 0. The first kappa shape index (κ1) is 35.9. The molecule has 45 heavy (non-hydrogen) atoms. The average molecular weight is 622 g/mol. The van der Waals surface area contributed by atoms with E-state index in [1.165, 1.54) is 17.7 Å². The minimum atomic E-state index is -1.07. The molecule has 8 heteroatoms. The van der Waals surface area contributed by atoms with E-state index in [0.29, 0.717) is 36.7 Å². The summed E-state index contributed by atoms with van der Waals surface area (Å²) in [7, 11) is 0. The lowest BCUT2D eigenvalue weighted by molar-refractivity contribution is 0.0755. The Balaban J connectivity index is 1.77. The monoisotopic (exact) mass is 621 g/mol. The van der Waals surface area contributed by atoms with Crippen molar-refractivity contribution in [1.82, 2.24) is 15.5 Å². The summed E-state index contributed by atoms with van der Waals surface area (Å²) in [5, 5.41) is 17.4. The number of aryl methyl sites for hydroxylation is 2. The molecule has 3 aromatic rings. The molecule has 0 aromatic heterocycles. The lowest BCUT2D eigenvalue weighted by atomic mass is 9.99. The van der Waals surface area contributed by atoms with Crippen molar-refractivity contribution in [3.05, 3.63) is 106 Å². The molecular formula is C37H49F2N3O3. The molecule has 244 valence electrons. The minimum Gasteiger partial charge on any atom is -0.390 e. The predicted octanol–water partition coefficient (Wildman–Crippen LogP) is 6.62. The molecular weight excluding hydrogens is 572 g/mol. The van der Waals surface area contributed by atoms with Crippen LogP contribution in [0.1, 0.15) is 89.9 Å². The molecule has 0 saturated heterocycles. The van der Waals surface area contributed by atoms with Gasteiger partial charge in [-0.2, -0.15) is 0 Å². The molecule has 2 atom stereocenters. The Hall–Kier alpha value is -3.62. The van der Waals surface area contributed by atoms with E-state index in [0.717, 1.165) is 42.9 Å². The molecule has 0 aliphatic carbocycles. The zero-order chi connectivity index (χ0) is 32.9. The number of benzene rings is 3. The first-order valence-electron chi connectivity index (χ1n) is 16.1.